The maximum atomic E-state index is 13.4. The lowest BCUT2D eigenvalue weighted by molar-refractivity contribution is -0.140. The van der Waals surface area contributed by atoms with Gasteiger partial charge in [0.15, 0.2) is 0 Å². The normalized spacial score (nSPS) is 32.1. The van der Waals surface area contributed by atoms with E-state index in [0.29, 0.717) is 28.1 Å². The van der Waals surface area contributed by atoms with E-state index < -0.39 is 0 Å². The fraction of sp³-hybridized carbons (Fsp3) is 0.320. The summed E-state index contributed by atoms with van der Waals surface area (Å²) in [5.41, 5.74) is 1.09. The van der Waals surface area contributed by atoms with Gasteiger partial charge in [-0.3, -0.25) is 24.2 Å². The number of benzene rings is 2. The van der Waals surface area contributed by atoms with Crippen LogP contribution in [0.2, 0.25) is 5.02 Å². The highest BCUT2D eigenvalue weighted by molar-refractivity contribution is 6.30. The van der Waals surface area contributed by atoms with E-state index in [-0.39, 0.29) is 48.1 Å². The predicted octanol–water partition coefficient (Wildman–Crippen LogP) is 4.00. The van der Waals surface area contributed by atoms with Crippen molar-refractivity contribution in [3.05, 3.63) is 77.3 Å². The number of halogens is 1. The van der Waals surface area contributed by atoms with Gasteiger partial charge in [0, 0.05) is 16.3 Å². The van der Waals surface area contributed by atoms with Crippen LogP contribution in [-0.4, -0.2) is 29.3 Å². The van der Waals surface area contributed by atoms with Crippen molar-refractivity contribution >= 4 is 35.0 Å². The molecule has 5 aliphatic rings. The van der Waals surface area contributed by atoms with Crippen LogP contribution >= 0.6 is 11.6 Å². The molecule has 0 unspecified atom stereocenters. The number of amides is 3. The topological polar surface area (TPSA) is 57.7 Å². The van der Waals surface area contributed by atoms with E-state index in [9.17, 15) is 14.4 Å². The van der Waals surface area contributed by atoms with Gasteiger partial charge in [-0.25, -0.2) is 0 Å². The third-order valence-corrected chi connectivity index (χ3v) is 7.69. The van der Waals surface area contributed by atoms with Crippen LogP contribution in [0.4, 0.5) is 5.69 Å². The zero-order valence-electron chi connectivity index (χ0n) is 16.7. The van der Waals surface area contributed by atoms with Crippen molar-refractivity contribution in [2.75, 3.05) is 11.6 Å². The quantitative estimate of drug-likeness (QED) is 0.542. The van der Waals surface area contributed by atoms with Gasteiger partial charge in [-0.2, -0.15) is 0 Å². The second-order valence-corrected chi connectivity index (χ2v) is 9.41. The molecule has 2 bridgehead atoms. The molecule has 3 amide bonds. The third kappa shape index (κ3) is 2.79. The van der Waals surface area contributed by atoms with Crippen molar-refractivity contribution in [2.24, 2.45) is 35.5 Å². The molecule has 0 aromatic heterocycles. The second-order valence-electron chi connectivity index (χ2n) is 8.98. The summed E-state index contributed by atoms with van der Waals surface area (Å²) in [6.07, 6.45) is 5.43. The number of hydrogen-bond donors (Lipinski definition) is 0. The van der Waals surface area contributed by atoms with Crippen LogP contribution in [0.1, 0.15) is 16.8 Å². The van der Waals surface area contributed by atoms with Gasteiger partial charge in [-0.15, -0.1) is 0 Å². The average Bonchev–Trinajstić information content (AvgIpc) is 3.58. The van der Waals surface area contributed by atoms with Crippen molar-refractivity contribution in [3.8, 4) is 0 Å². The molecule has 0 spiro atoms. The summed E-state index contributed by atoms with van der Waals surface area (Å²) in [4.78, 5) is 43.0. The van der Waals surface area contributed by atoms with E-state index in [1.807, 2.05) is 6.07 Å². The van der Waals surface area contributed by atoms with E-state index >= 15 is 0 Å². The molecule has 2 saturated carbocycles. The number of allylic oxidation sites excluding steroid dienone is 2. The highest BCUT2D eigenvalue weighted by Crippen LogP contribution is 2.65. The number of carbonyl (C=O) groups excluding carboxylic acids is 3. The van der Waals surface area contributed by atoms with Gasteiger partial charge in [0.2, 0.25) is 11.8 Å². The summed E-state index contributed by atoms with van der Waals surface area (Å²) in [5, 5.41) is 0.553. The summed E-state index contributed by atoms with van der Waals surface area (Å²) < 4.78 is 0. The standard InChI is InChI=1S/C25H21ClN2O3/c26-15-6-8-16(9-7-15)27(23(29)14-4-2-1-3-5-14)13-28-24(30)21-17-10-11-18(20-12-19(17)20)22(21)25(28)31/h1-11,17-22H,12-13H2/t17-,18-,19-,20-,21+,22+/m0/s1. The van der Waals surface area contributed by atoms with Gasteiger partial charge in [0.05, 0.1) is 11.8 Å². The number of nitrogens with zero attached hydrogens (tertiary/aromatic N) is 2. The van der Waals surface area contributed by atoms with Crippen molar-refractivity contribution in [2.45, 2.75) is 6.42 Å². The summed E-state index contributed by atoms with van der Waals surface area (Å²) in [6.45, 7) is -0.0885. The van der Waals surface area contributed by atoms with Crippen LogP contribution in [0.3, 0.4) is 0 Å². The van der Waals surface area contributed by atoms with Crippen LogP contribution in [0, 0.1) is 35.5 Å². The number of hydrogen-bond acceptors (Lipinski definition) is 3. The Kier molecular flexibility index (Phi) is 4.12. The van der Waals surface area contributed by atoms with Crippen LogP contribution in [0.15, 0.2) is 66.7 Å². The van der Waals surface area contributed by atoms with Crippen molar-refractivity contribution in [3.63, 3.8) is 0 Å². The minimum atomic E-state index is -0.273. The van der Waals surface area contributed by atoms with Crippen molar-refractivity contribution < 1.29 is 14.4 Å². The fourth-order valence-corrected chi connectivity index (χ4v) is 6.05. The Hall–Kier alpha value is -2.92. The lowest BCUT2D eigenvalue weighted by Crippen LogP contribution is -2.45. The van der Waals surface area contributed by atoms with E-state index in [1.165, 1.54) is 9.80 Å². The molecule has 5 nitrogen and oxygen atoms in total. The number of rotatable bonds is 4. The molecular formula is C25H21ClN2O3. The first kappa shape index (κ1) is 18.8. The molecule has 2 aromatic carbocycles. The molecule has 1 saturated heterocycles. The molecule has 1 heterocycles. The van der Waals surface area contributed by atoms with Gasteiger partial charge in [0.25, 0.3) is 5.91 Å². The van der Waals surface area contributed by atoms with Crippen LogP contribution in [-0.2, 0) is 9.59 Å². The van der Waals surface area contributed by atoms with Crippen LogP contribution < -0.4 is 4.90 Å². The van der Waals surface area contributed by atoms with Crippen molar-refractivity contribution in [1.82, 2.24) is 4.90 Å². The minimum absolute atomic E-state index is 0.0885. The maximum absolute atomic E-state index is 13.4. The summed E-state index contributed by atoms with van der Waals surface area (Å²) in [7, 11) is 0. The first-order valence-electron chi connectivity index (χ1n) is 10.7. The van der Waals surface area contributed by atoms with Crippen LogP contribution in [0.25, 0.3) is 0 Å². The number of carbonyl (C=O) groups is 3. The van der Waals surface area contributed by atoms with Crippen LogP contribution in [0.5, 0.6) is 0 Å². The number of likely N-dealkylation sites (tertiary alicyclic amines) is 1. The molecule has 31 heavy (non-hydrogen) atoms. The molecular weight excluding hydrogens is 412 g/mol. The monoisotopic (exact) mass is 432 g/mol. The Morgan fingerprint density at radius 3 is 2.06 bits per heavy atom. The fourth-order valence-electron chi connectivity index (χ4n) is 5.92. The molecule has 156 valence electrons. The van der Waals surface area contributed by atoms with Gasteiger partial charge in [0.1, 0.15) is 6.67 Å². The SMILES string of the molecule is O=C1[C@@H]2[C@H]3C=C[C@@H]([C@@H]4C[C@@H]34)[C@H]2C(=O)N1CN(C(=O)c1ccccc1)c1ccc(Cl)cc1. The molecule has 6 heteroatoms. The smallest absolute Gasteiger partial charge is 0.259 e. The Balaban J connectivity index is 1.34. The van der Waals surface area contributed by atoms with E-state index in [0.717, 1.165) is 6.42 Å². The lowest BCUT2D eigenvalue weighted by Gasteiger charge is -2.37. The summed E-state index contributed by atoms with van der Waals surface area (Å²) in [6, 6.07) is 15.8. The molecule has 1 aliphatic heterocycles. The number of imide groups is 1. The lowest BCUT2D eigenvalue weighted by atomic mass is 9.63. The third-order valence-electron chi connectivity index (χ3n) is 7.44. The van der Waals surface area contributed by atoms with E-state index in [4.69, 9.17) is 11.6 Å². The molecule has 4 aliphatic carbocycles. The summed E-state index contributed by atoms with van der Waals surface area (Å²) >= 11 is 6.04. The first-order chi connectivity index (χ1) is 15.0. The molecule has 6 atom stereocenters. The van der Waals surface area contributed by atoms with Crippen molar-refractivity contribution in [1.29, 1.82) is 0 Å². The molecule has 7 rings (SSSR count). The van der Waals surface area contributed by atoms with E-state index in [2.05, 4.69) is 12.2 Å². The Morgan fingerprint density at radius 2 is 1.48 bits per heavy atom. The minimum Gasteiger partial charge on any atom is -0.290 e. The Labute approximate surface area is 185 Å². The second kappa shape index (κ2) is 6.79. The molecule has 2 aromatic rings. The highest BCUT2D eigenvalue weighted by Gasteiger charge is 2.67. The average molecular weight is 433 g/mol. The van der Waals surface area contributed by atoms with Gasteiger partial charge < -0.3 is 0 Å². The molecule has 0 radical (unpaired) electrons. The zero-order valence-corrected chi connectivity index (χ0v) is 17.5. The largest absolute Gasteiger partial charge is 0.290 e. The van der Waals surface area contributed by atoms with E-state index in [1.54, 1.807) is 48.5 Å². The number of anilines is 1. The first-order valence-corrected chi connectivity index (χ1v) is 11.1. The van der Waals surface area contributed by atoms with Gasteiger partial charge in [-0.1, -0.05) is 42.0 Å². The highest BCUT2D eigenvalue weighted by atomic mass is 35.5. The maximum Gasteiger partial charge on any atom is 0.259 e. The van der Waals surface area contributed by atoms with Gasteiger partial charge in [-0.05, 0) is 66.5 Å². The Morgan fingerprint density at radius 1 is 0.903 bits per heavy atom. The zero-order chi connectivity index (χ0) is 21.3. The Bertz CT molecular complexity index is 1080. The molecule has 3 fully saturated rings. The van der Waals surface area contributed by atoms with Gasteiger partial charge >= 0.3 is 0 Å². The summed E-state index contributed by atoms with van der Waals surface area (Å²) in [5.74, 6) is 0.333. The predicted molar refractivity (Wildman–Crippen MR) is 116 cm³/mol. The molecule has 0 N–H and O–H groups in total.